The fourth-order valence-corrected chi connectivity index (χ4v) is 1.56. The monoisotopic (exact) mass is 224 g/mol. The first-order chi connectivity index (χ1) is 7.52. The van der Waals surface area contributed by atoms with Gasteiger partial charge in [0.2, 0.25) is 0 Å². The molecule has 3 heteroatoms. The van der Waals surface area contributed by atoms with Crippen molar-refractivity contribution in [3.05, 3.63) is 30.1 Å². The molecule has 0 fully saturated rings. The minimum absolute atomic E-state index is 0.175. The molecule has 0 aliphatic heterocycles. The molecule has 90 valence electrons. The predicted octanol–water partition coefficient (Wildman–Crippen LogP) is 2.64. The predicted molar refractivity (Wildman–Crippen MR) is 67.1 cm³/mol. The summed E-state index contributed by atoms with van der Waals surface area (Å²) in [6.45, 7) is 4.99. The second kappa shape index (κ2) is 5.85. The van der Waals surface area contributed by atoms with Crippen molar-refractivity contribution in [3.8, 4) is 0 Å². The zero-order valence-electron chi connectivity index (χ0n) is 10.3. The highest BCUT2D eigenvalue weighted by atomic mass is 19.1. The summed E-state index contributed by atoms with van der Waals surface area (Å²) in [5.41, 5.74) is 6.60. The summed E-state index contributed by atoms with van der Waals surface area (Å²) in [5.74, 6) is 0.289. The maximum atomic E-state index is 13.5. The van der Waals surface area contributed by atoms with Gasteiger partial charge in [0.05, 0.1) is 5.69 Å². The Labute approximate surface area is 97.3 Å². The smallest absolute Gasteiger partial charge is 0.146 e. The van der Waals surface area contributed by atoms with Gasteiger partial charge in [-0.1, -0.05) is 26.0 Å². The van der Waals surface area contributed by atoms with Crippen LogP contribution in [0.15, 0.2) is 24.3 Å². The van der Waals surface area contributed by atoms with E-state index in [2.05, 4.69) is 13.8 Å². The van der Waals surface area contributed by atoms with Gasteiger partial charge in [-0.05, 0) is 24.5 Å². The van der Waals surface area contributed by atoms with Crippen LogP contribution in [0.1, 0.15) is 20.3 Å². The quantitative estimate of drug-likeness (QED) is 0.833. The molecule has 0 aliphatic rings. The molecule has 0 spiro atoms. The van der Waals surface area contributed by atoms with E-state index in [0.717, 1.165) is 13.0 Å². The number of rotatable bonds is 5. The summed E-state index contributed by atoms with van der Waals surface area (Å²) < 4.78 is 13.5. The summed E-state index contributed by atoms with van der Waals surface area (Å²) in [4.78, 5) is 1.91. The molecule has 16 heavy (non-hydrogen) atoms. The Kier molecular flexibility index (Phi) is 4.74. The number of hydrogen-bond donors (Lipinski definition) is 1. The summed E-state index contributed by atoms with van der Waals surface area (Å²) in [6, 6.07) is 6.99. The molecule has 1 aromatic rings. The van der Waals surface area contributed by atoms with Crippen LogP contribution in [0.2, 0.25) is 0 Å². The van der Waals surface area contributed by atoms with Crippen molar-refractivity contribution >= 4 is 5.69 Å². The Balaban J connectivity index is 2.53. The fourth-order valence-electron chi connectivity index (χ4n) is 1.56. The van der Waals surface area contributed by atoms with Gasteiger partial charge in [0.1, 0.15) is 5.82 Å². The van der Waals surface area contributed by atoms with E-state index in [9.17, 15) is 4.39 Å². The summed E-state index contributed by atoms with van der Waals surface area (Å²) in [6.07, 6.45) is 0.877. The average molecular weight is 224 g/mol. The largest absolute Gasteiger partial charge is 0.372 e. The third kappa shape index (κ3) is 3.49. The SMILES string of the molecule is CC(C)C(N)CCN(C)c1ccccc1F. The molecule has 1 atom stereocenters. The highest BCUT2D eigenvalue weighted by Crippen LogP contribution is 2.17. The van der Waals surface area contributed by atoms with E-state index in [-0.39, 0.29) is 11.9 Å². The first-order valence-electron chi connectivity index (χ1n) is 5.73. The molecule has 2 nitrogen and oxygen atoms in total. The first-order valence-corrected chi connectivity index (χ1v) is 5.73. The molecule has 1 rings (SSSR count). The minimum atomic E-state index is -0.178. The van der Waals surface area contributed by atoms with Gasteiger partial charge < -0.3 is 10.6 Å². The van der Waals surface area contributed by atoms with Crippen LogP contribution in [0.25, 0.3) is 0 Å². The topological polar surface area (TPSA) is 29.3 Å². The third-order valence-electron chi connectivity index (χ3n) is 2.92. The lowest BCUT2D eigenvalue weighted by Gasteiger charge is -2.23. The maximum absolute atomic E-state index is 13.5. The first kappa shape index (κ1) is 13.0. The maximum Gasteiger partial charge on any atom is 0.146 e. The van der Waals surface area contributed by atoms with E-state index in [4.69, 9.17) is 5.73 Å². The van der Waals surface area contributed by atoms with Gasteiger partial charge >= 0.3 is 0 Å². The average Bonchev–Trinajstić information content (AvgIpc) is 2.25. The van der Waals surface area contributed by atoms with Crippen LogP contribution < -0.4 is 10.6 Å². The normalized spacial score (nSPS) is 12.9. The van der Waals surface area contributed by atoms with Crippen LogP contribution in [0.3, 0.4) is 0 Å². The van der Waals surface area contributed by atoms with E-state index in [0.29, 0.717) is 11.6 Å². The summed E-state index contributed by atoms with van der Waals surface area (Å²) in [5, 5.41) is 0. The van der Waals surface area contributed by atoms with Gasteiger partial charge in [-0.15, -0.1) is 0 Å². The van der Waals surface area contributed by atoms with Crippen molar-refractivity contribution in [2.75, 3.05) is 18.5 Å². The molecule has 0 saturated heterocycles. The zero-order valence-corrected chi connectivity index (χ0v) is 10.3. The van der Waals surface area contributed by atoms with Crippen LogP contribution >= 0.6 is 0 Å². The Hall–Kier alpha value is -1.09. The van der Waals surface area contributed by atoms with E-state index >= 15 is 0 Å². The van der Waals surface area contributed by atoms with Crippen LogP contribution in [0.5, 0.6) is 0 Å². The Morgan fingerprint density at radius 2 is 1.94 bits per heavy atom. The Bertz CT molecular complexity index is 325. The highest BCUT2D eigenvalue weighted by molar-refractivity contribution is 5.46. The second-order valence-electron chi connectivity index (χ2n) is 4.57. The fraction of sp³-hybridized carbons (Fsp3) is 0.538. The molecule has 0 bridgehead atoms. The van der Waals surface area contributed by atoms with Crippen LogP contribution in [-0.2, 0) is 0 Å². The number of anilines is 1. The molecule has 0 amide bonds. The van der Waals surface area contributed by atoms with Crippen LogP contribution in [0.4, 0.5) is 10.1 Å². The molecular formula is C13H21FN2. The van der Waals surface area contributed by atoms with Crippen molar-refractivity contribution in [2.45, 2.75) is 26.3 Å². The van der Waals surface area contributed by atoms with Gasteiger partial charge in [0.25, 0.3) is 0 Å². The van der Waals surface area contributed by atoms with Gasteiger partial charge in [-0.2, -0.15) is 0 Å². The molecule has 0 heterocycles. The minimum Gasteiger partial charge on any atom is -0.372 e. The van der Waals surface area contributed by atoms with Crippen LogP contribution in [0, 0.1) is 11.7 Å². The number of benzene rings is 1. The molecular weight excluding hydrogens is 203 g/mol. The van der Waals surface area contributed by atoms with Crippen LogP contribution in [-0.4, -0.2) is 19.6 Å². The zero-order chi connectivity index (χ0) is 12.1. The van der Waals surface area contributed by atoms with Gasteiger partial charge in [-0.3, -0.25) is 0 Å². The van der Waals surface area contributed by atoms with E-state index < -0.39 is 0 Å². The van der Waals surface area contributed by atoms with E-state index in [1.165, 1.54) is 6.07 Å². The molecule has 2 N–H and O–H groups in total. The van der Waals surface area contributed by atoms with Crippen molar-refractivity contribution in [3.63, 3.8) is 0 Å². The van der Waals surface area contributed by atoms with E-state index in [1.807, 2.05) is 18.0 Å². The molecule has 0 aliphatic carbocycles. The summed E-state index contributed by atoms with van der Waals surface area (Å²) >= 11 is 0. The Morgan fingerprint density at radius 3 is 2.50 bits per heavy atom. The third-order valence-corrected chi connectivity index (χ3v) is 2.92. The molecule has 0 radical (unpaired) electrons. The standard InChI is InChI=1S/C13H21FN2/c1-10(2)12(15)8-9-16(3)13-7-5-4-6-11(13)14/h4-7,10,12H,8-9,15H2,1-3H3. The van der Waals surface area contributed by atoms with Crippen molar-refractivity contribution in [1.82, 2.24) is 0 Å². The summed E-state index contributed by atoms with van der Waals surface area (Å²) in [7, 11) is 1.89. The number of nitrogens with two attached hydrogens (primary N) is 1. The van der Waals surface area contributed by atoms with Gasteiger partial charge in [0, 0.05) is 19.6 Å². The van der Waals surface area contributed by atoms with E-state index in [1.54, 1.807) is 12.1 Å². The molecule has 1 aromatic carbocycles. The van der Waals surface area contributed by atoms with Gasteiger partial charge in [0.15, 0.2) is 0 Å². The lowest BCUT2D eigenvalue weighted by Crippen LogP contribution is -2.32. The van der Waals surface area contributed by atoms with Crippen molar-refractivity contribution in [1.29, 1.82) is 0 Å². The van der Waals surface area contributed by atoms with Crippen molar-refractivity contribution in [2.24, 2.45) is 11.7 Å². The molecule has 1 unspecified atom stereocenters. The number of para-hydroxylation sites is 1. The molecule has 0 aromatic heterocycles. The lowest BCUT2D eigenvalue weighted by molar-refractivity contribution is 0.465. The highest BCUT2D eigenvalue weighted by Gasteiger charge is 2.11. The van der Waals surface area contributed by atoms with Gasteiger partial charge in [-0.25, -0.2) is 4.39 Å². The number of nitrogens with zero attached hydrogens (tertiary/aromatic N) is 1. The molecule has 0 saturated carbocycles. The Morgan fingerprint density at radius 1 is 1.31 bits per heavy atom. The lowest BCUT2D eigenvalue weighted by atomic mass is 10.0. The number of hydrogen-bond acceptors (Lipinski definition) is 2. The second-order valence-corrected chi connectivity index (χ2v) is 4.57. The van der Waals surface area contributed by atoms with Crippen molar-refractivity contribution < 1.29 is 4.39 Å². The number of halogens is 1.